The van der Waals surface area contributed by atoms with Gasteiger partial charge in [-0.25, -0.2) is 0 Å². The average Bonchev–Trinajstić information content (AvgIpc) is 1.72. The molecule has 0 aliphatic carbocycles. The largest absolute Gasteiger partial charge is 0.286 e. The second-order valence-electron chi connectivity index (χ2n) is 0.812. The number of hydrogen-bond donors (Lipinski definition) is 1. The van der Waals surface area contributed by atoms with E-state index in [2.05, 4.69) is 15.8 Å². The van der Waals surface area contributed by atoms with Gasteiger partial charge in [-0.15, -0.1) is 4.89 Å². The topological polar surface area (TPSA) is 21.3 Å². The van der Waals surface area contributed by atoms with E-state index in [1.807, 2.05) is 5.41 Å². The van der Waals surface area contributed by atoms with E-state index in [9.17, 15) is 0 Å². The third kappa shape index (κ3) is 1.01. The normalized spacial score (nSPS) is 21.3. The molecule has 2 nitrogen and oxygen atoms in total. The number of hydrogen-bond acceptors (Lipinski definition) is 3. The second kappa shape index (κ2) is 2.23. The summed E-state index contributed by atoms with van der Waals surface area (Å²) < 4.78 is 0. The van der Waals surface area contributed by atoms with Gasteiger partial charge in [0.25, 0.3) is 0 Å². The van der Waals surface area contributed by atoms with Crippen molar-refractivity contribution in [3.63, 3.8) is 0 Å². The molecule has 0 saturated heterocycles. The van der Waals surface area contributed by atoms with Crippen LogP contribution in [-0.4, -0.2) is 6.61 Å². The first-order valence-corrected chi connectivity index (χ1v) is 2.45. The average molecular weight is 102 g/mol. The van der Waals surface area contributed by atoms with E-state index >= 15 is 0 Å². The Kier molecular flexibility index (Phi) is 1.55. The molecule has 3 heteroatoms. The Balaban J connectivity index is 2.26. The van der Waals surface area contributed by atoms with Crippen LogP contribution in [0.2, 0.25) is 0 Å². The van der Waals surface area contributed by atoms with Gasteiger partial charge in [-0.3, -0.25) is 4.84 Å². The van der Waals surface area contributed by atoms with E-state index in [0.29, 0.717) is 6.61 Å². The van der Waals surface area contributed by atoms with Crippen LogP contribution in [0, 0.1) is 6.08 Å². The lowest BCUT2D eigenvalue weighted by Gasteiger charge is -2.00. The van der Waals surface area contributed by atoms with Gasteiger partial charge in [-0.05, 0) is 23.4 Å². The van der Waals surface area contributed by atoms with Crippen LogP contribution >= 0.6 is 11.9 Å². The molecule has 1 aliphatic heterocycles. The zero-order valence-corrected chi connectivity index (χ0v) is 3.92. The third-order valence-corrected chi connectivity index (χ3v) is 0.903. The molecular weight excluding hydrogens is 98.1 g/mol. The van der Waals surface area contributed by atoms with Gasteiger partial charge in [-0.2, -0.15) is 0 Å². The molecule has 0 spiro atoms. The van der Waals surface area contributed by atoms with Crippen LogP contribution in [0.3, 0.4) is 0 Å². The van der Waals surface area contributed by atoms with Gasteiger partial charge in [-0.1, -0.05) is 0 Å². The van der Waals surface area contributed by atoms with Crippen molar-refractivity contribution in [1.82, 2.24) is 4.89 Å². The monoisotopic (exact) mass is 102 g/mol. The summed E-state index contributed by atoms with van der Waals surface area (Å²) in [7, 11) is 0. The molecule has 1 N–H and O–H groups in total. The van der Waals surface area contributed by atoms with Crippen LogP contribution < -0.4 is 4.89 Å². The minimum absolute atomic E-state index is 0.562. The first kappa shape index (κ1) is 4.18. The van der Waals surface area contributed by atoms with E-state index < -0.39 is 0 Å². The highest BCUT2D eigenvalue weighted by atomic mass is 32.2. The van der Waals surface area contributed by atoms with Gasteiger partial charge in [0, 0.05) is 0 Å². The van der Waals surface area contributed by atoms with Crippen LogP contribution in [0.4, 0.5) is 0 Å². The molecule has 0 atom stereocenters. The fraction of sp³-hybridized carbons (Fsp3) is 0.333. The fourth-order valence-electron chi connectivity index (χ4n) is 0.205. The first-order valence-electron chi connectivity index (χ1n) is 1.57. The molecule has 1 heterocycles. The van der Waals surface area contributed by atoms with Gasteiger partial charge >= 0.3 is 0 Å². The van der Waals surface area contributed by atoms with Gasteiger partial charge < -0.3 is 0 Å². The Bertz CT molecular complexity index is 55.8. The summed E-state index contributed by atoms with van der Waals surface area (Å²) in [6.45, 7) is 0.562. The van der Waals surface area contributed by atoms with Crippen LogP contribution in [0.25, 0.3) is 0 Å². The van der Waals surface area contributed by atoms with Crippen molar-refractivity contribution in [1.29, 1.82) is 0 Å². The Morgan fingerprint density at radius 3 is 3.17 bits per heavy atom. The van der Waals surface area contributed by atoms with Crippen molar-refractivity contribution in [3.05, 3.63) is 11.5 Å². The molecule has 0 unspecified atom stereocenters. The lowest BCUT2D eigenvalue weighted by molar-refractivity contribution is 0.122. The minimum Gasteiger partial charge on any atom is -0.286 e. The SMILES string of the molecule is [C]1=CSNOC1. The molecule has 0 fully saturated rings. The lowest BCUT2D eigenvalue weighted by Crippen LogP contribution is -2.06. The lowest BCUT2D eigenvalue weighted by atomic mass is 10.7. The summed E-state index contributed by atoms with van der Waals surface area (Å²) >= 11 is 1.39. The maximum absolute atomic E-state index is 4.64. The van der Waals surface area contributed by atoms with Gasteiger partial charge in [0.1, 0.15) is 0 Å². The van der Waals surface area contributed by atoms with E-state index in [1.165, 1.54) is 11.9 Å². The minimum atomic E-state index is 0.562. The quantitative estimate of drug-likeness (QED) is 0.450. The molecule has 0 saturated carbocycles. The van der Waals surface area contributed by atoms with E-state index in [-0.39, 0.29) is 0 Å². The van der Waals surface area contributed by atoms with Crippen molar-refractivity contribution >= 4 is 11.9 Å². The molecule has 33 valence electrons. The second-order valence-corrected chi connectivity index (χ2v) is 1.45. The first-order chi connectivity index (χ1) is 3.00. The molecule has 1 radical (unpaired) electrons. The smallest absolute Gasteiger partial charge is 0.0953 e. The Morgan fingerprint density at radius 2 is 3.00 bits per heavy atom. The van der Waals surface area contributed by atoms with Crippen LogP contribution in [0.1, 0.15) is 0 Å². The summed E-state index contributed by atoms with van der Waals surface area (Å²) in [5.74, 6) is 0. The van der Waals surface area contributed by atoms with Crippen LogP contribution in [0.15, 0.2) is 5.41 Å². The summed E-state index contributed by atoms with van der Waals surface area (Å²) in [5, 5.41) is 1.82. The Labute approximate surface area is 40.6 Å². The standard InChI is InChI=1S/C3H4NOS/c1-2-5-4-6-3-1/h3-4H,2H2. The third-order valence-electron chi connectivity index (χ3n) is 0.405. The molecular formula is C3H4NOS. The predicted molar refractivity (Wildman–Crippen MR) is 24.5 cm³/mol. The van der Waals surface area contributed by atoms with Crippen molar-refractivity contribution < 1.29 is 4.84 Å². The molecule has 1 rings (SSSR count). The molecule has 0 aromatic rings. The molecule has 6 heavy (non-hydrogen) atoms. The van der Waals surface area contributed by atoms with Crippen molar-refractivity contribution in [2.45, 2.75) is 0 Å². The molecule has 1 aliphatic rings. The zero-order valence-electron chi connectivity index (χ0n) is 3.10. The summed E-state index contributed by atoms with van der Waals surface area (Å²) in [4.78, 5) is 7.22. The van der Waals surface area contributed by atoms with Crippen LogP contribution in [0.5, 0.6) is 0 Å². The predicted octanol–water partition coefficient (Wildman–Crippen LogP) is 0.486. The molecule has 0 aromatic heterocycles. The highest BCUT2D eigenvalue weighted by Crippen LogP contribution is 1.98. The van der Waals surface area contributed by atoms with Crippen molar-refractivity contribution in [2.24, 2.45) is 0 Å². The molecule has 0 amide bonds. The van der Waals surface area contributed by atoms with Crippen LogP contribution in [-0.2, 0) is 4.84 Å². The summed E-state index contributed by atoms with van der Waals surface area (Å²) in [5.41, 5.74) is 0. The van der Waals surface area contributed by atoms with Gasteiger partial charge in [0.2, 0.25) is 0 Å². The number of rotatable bonds is 0. The Morgan fingerprint density at radius 1 is 2.00 bits per heavy atom. The van der Waals surface area contributed by atoms with E-state index in [4.69, 9.17) is 0 Å². The van der Waals surface area contributed by atoms with E-state index in [0.717, 1.165) is 0 Å². The maximum Gasteiger partial charge on any atom is 0.0953 e. The summed E-state index contributed by atoms with van der Waals surface area (Å²) in [6.07, 6.45) is 2.84. The maximum atomic E-state index is 4.64. The fourth-order valence-corrected chi connectivity index (χ4v) is 0.531. The van der Waals surface area contributed by atoms with Crippen molar-refractivity contribution in [2.75, 3.05) is 6.61 Å². The number of nitrogens with one attached hydrogen (secondary N) is 1. The Hall–Kier alpha value is 0.01000. The van der Waals surface area contributed by atoms with Gasteiger partial charge in [0.15, 0.2) is 0 Å². The summed E-state index contributed by atoms with van der Waals surface area (Å²) in [6, 6.07) is 0. The van der Waals surface area contributed by atoms with Crippen molar-refractivity contribution in [3.8, 4) is 0 Å². The van der Waals surface area contributed by atoms with Gasteiger partial charge in [0.05, 0.1) is 6.61 Å². The molecule has 0 aromatic carbocycles. The highest BCUT2D eigenvalue weighted by molar-refractivity contribution is 8.00. The zero-order chi connectivity index (χ0) is 4.24. The highest BCUT2D eigenvalue weighted by Gasteiger charge is 1.85. The molecule has 0 bridgehead atoms. The van der Waals surface area contributed by atoms with E-state index in [1.54, 1.807) is 0 Å².